The van der Waals surface area contributed by atoms with Crippen LogP contribution in [0.15, 0.2) is 18.2 Å². The first-order chi connectivity index (χ1) is 9.40. The first kappa shape index (κ1) is 16.5. The van der Waals surface area contributed by atoms with E-state index >= 15 is 0 Å². The van der Waals surface area contributed by atoms with E-state index in [0.29, 0.717) is 11.0 Å². The highest BCUT2D eigenvalue weighted by Crippen LogP contribution is 2.36. The lowest BCUT2D eigenvalue weighted by Gasteiger charge is -2.32. The van der Waals surface area contributed by atoms with Crippen molar-refractivity contribution in [2.45, 2.75) is 44.6 Å². The second-order valence-electron chi connectivity index (χ2n) is 6.55. The Morgan fingerprint density at radius 1 is 1.10 bits per heavy atom. The molecule has 1 aromatic rings. The molecule has 0 aromatic heterocycles. The van der Waals surface area contributed by atoms with Crippen molar-refractivity contribution < 1.29 is 22.1 Å². The van der Waals surface area contributed by atoms with Crippen LogP contribution in [0.25, 0.3) is 0 Å². The summed E-state index contributed by atoms with van der Waals surface area (Å²) in [6, 6.07) is 4.15. The summed E-state index contributed by atoms with van der Waals surface area (Å²) in [6.07, 6.45) is 1.12. The summed E-state index contributed by atoms with van der Waals surface area (Å²) in [5.41, 5.74) is -0.170. The number of benzene rings is 1. The van der Waals surface area contributed by atoms with Crippen molar-refractivity contribution in [3.63, 3.8) is 0 Å². The number of sulfone groups is 1. The maximum Gasteiger partial charge on any atom is 0.494 e. The van der Waals surface area contributed by atoms with Crippen LogP contribution in [0.2, 0.25) is 0 Å². The Kier molecular flexibility index (Phi) is 3.97. The maximum atomic E-state index is 13.7. The smallest absolute Gasteiger partial charge is 0.399 e. The third-order valence-corrected chi connectivity index (χ3v) is 4.79. The molecule has 21 heavy (non-hydrogen) atoms. The van der Waals surface area contributed by atoms with Gasteiger partial charge in [-0.3, -0.25) is 0 Å². The summed E-state index contributed by atoms with van der Waals surface area (Å²) in [5.74, 6) is -0.710. The van der Waals surface area contributed by atoms with E-state index in [1.54, 1.807) is 6.07 Å². The molecule has 116 valence electrons. The quantitative estimate of drug-likeness (QED) is 0.797. The molecule has 0 atom stereocenters. The van der Waals surface area contributed by atoms with Crippen molar-refractivity contribution in [2.24, 2.45) is 0 Å². The van der Waals surface area contributed by atoms with Gasteiger partial charge in [-0.1, -0.05) is 6.07 Å². The van der Waals surface area contributed by atoms with Gasteiger partial charge >= 0.3 is 7.12 Å². The van der Waals surface area contributed by atoms with Crippen molar-refractivity contribution in [3.8, 4) is 0 Å². The Bertz CT molecular complexity index is 639. The van der Waals surface area contributed by atoms with Crippen LogP contribution in [-0.4, -0.2) is 33.0 Å². The first-order valence-corrected chi connectivity index (χ1v) is 8.78. The van der Waals surface area contributed by atoms with E-state index in [1.165, 1.54) is 12.1 Å². The highest BCUT2D eigenvalue weighted by atomic mass is 32.2. The third kappa shape index (κ3) is 3.65. The van der Waals surface area contributed by atoms with Crippen LogP contribution in [0, 0.1) is 5.82 Å². The summed E-state index contributed by atoms with van der Waals surface area (Å²) in [7, 11) is -3.93. The molecule has 1 aliphatic rings. The lowest BCUT2D eigenvalue weighted by molar-refractivity contribution is 0.00578. The van der Waals surface area contributed by atoms with E-state index in [9.17, 15) is 12.8 Å². The summed E-state index contributed by atoms with van der Waals surface area (Å²) < 4.78 is 48.2. The molecule has 0 bridgehead atoms. The van der Waals surface area contributed by atoms with Crippen molar-refractivity contribution in [1.82, 2.24) is 0 Å². The minimum absolute atomic E-state index is 0.211. The molecule has 4 nitrogen and oxygen atoms in total. The van der Waals surface area contributed by atoms with Gasteiger partial charge in [0.25, 0.3) is 0 Å². The molecule has 1 aliphatic heterocycles. The van der Waals surface area contributed by atoms with Crippen molar-refractivity contribution >= 4 is 22.4 Å². The number of rotatable bonds is 3. The van der Waals surface area contributed by atoms with Crippen LogP contribution in [0.3, 0.4) is 0 Å². The Morgan fingerprint density at radius 3 is 2.10 bits per heavy atom. The van der Waals surface area contributed by atoms with Crippen LogP contribution in [-0.2, 0) is 24.9 Å². The van der Waals surface area contributed by atoms with Crippen LogP contribution >= 0.6 is 0 Å². The molecule has 1 aromatic carbocycles. The number of hydrogen-bond donors (Lipinski definition) is 0. The standard InChI is InChI=1S/C14H20BFO4S/c1-13(2)14(3,4)20-15(19-13)11-6-10(7-12(16)8-11)9-21(5,17)18/h6-8H,9H2,1-5H3. The SMILES string of the molecule is CC1(C)OB(c2cc(F)cc(CS(C)(=O)=O)c2)OC1(C)C. The van der Waals surface area contributed by atoms with Gasteiger partial charge in [-0.2, -0.15) is 0 Å². The summed E-state index contributed by atoms with van der Waals surface area (Å²) in [4.78, 5) is 0. The fourth-order valence-electron chi connectivity index (χ4n) is 2.18. The average Bonchev–Trinajstić information content (AvgIpc) is 2.44. The van der Waals surface area contributed by atoms with Crippen molar-refractivity contribution in [2.75, 3.05) is 6.26 Å². The van der Waals surface area contributed by atoms with Crippen LogP contribution in [0.5, 0.6) is 0 Å². The Morgan fingerprint density at radius 2 is 1.62 bits per heavy atom. The molecule has 0 spiro atoms. The van der Waals surface area contributed by atoms with E-state index in [4.69, 9.17) is 9.31 Å². The molecule has 0 unspecified atom stereocenters. The minimum Gasteiger partial charge on any atom is -0.399 e. The molecule has 7 heteroatoms. The fraction of sp³-hybridized carbons (Fsp3) is 0.571. The molecule has 1 heterocycles. The number of hydrogen-bond acceptors (Lipinski definition) is 4. The topological polar surface area (TPSA) is 52.6 Å². The van der Waals surface area contributed by atoms with Crippen LogP contribution < -0.4 is 5.46 Å². The number of halogens is 1. The van der Waals surface area contributed by atoms with E-state index in [-0.39, 0.29) is 5.75 Å². The molecule has 0 aliphatic carbocycles. The van der Waals surface area contributed by atoms with Gasteiger partial charge in [-0.25, -0.2) is 12.8 Å². The zero-order chi connectivity index (χ0) is 16.1. The van der Waals surface area contributed by atoms with Gasteiger partial charge < -0.3 is 9.31 Å². The summed E-state index contributed by atoms with van der Waals surface area (Å²) in [6.45, 7) is 7.63. The lowest BCUT2D eigenvalue weighted by atomic mass is 9.78. The predicted molar refractivity (Wildman–Crippen MR) is 80.7 cm³/mol. The molecule has 1 fully saturated rings. The highest BCUT2D eigenvalue weighted by Gasteiger charge is 2.51. The summed E-state index contributed by atoms with van der Waals surface area (Å²) in [5, 5.41) is 0. The molecule has 0 amide bonds. The van der Waals surface area contributed by atoms with Crippen LogP contribution in [0.1, 0.15) is 33.3 Å². The third-order valence-electron chi connectivity index (χ3n) is 3.93. The Labute approximate surface area is 125 Å². The van der Waals surface area contributed by atoms with Gasteiger partial charge in [-0.05, 0) is 50.9 Å². The average molecular weight is 314 g/mol. The second-order valence-corrected chi connectivity index (χ2v) is 8.69. The molecule has 0 N–H and O–H groups in total. The Balaban J connectivity index is 2.34. The largest absolute Gasteiger partial charge is 0.494 e. The molecule has 1 saturated heterocycles. The van der Waals surface area contributed by atoms with Gasteiger partial charge in [-0.15, -0.1) is 0 Å². The first-order valence-electron chi connectivity index (χ1n) is 6.72. The minimum atomic E-state index is -3.23. The van der Waals surface area contributed by atoms with E-state index in [2.05, 4.69) is 0 Å². The zero-order valence-corrected chi connectivity index (χ0v) is 13.8. The van der Waals surface area contributed by atoms with E-state index in [0.717, 1.165) is 6.26 Å². The van der Waals surface area contributed by atoms with Gasteiger partial charge in [0.2, 0.25) is 0 Å². The maximum absolute atomic E-state index is 13.7. The monoisotopic (exact) mass is 314 g/mol. The van der Waals surface area contributed by atoms with Gasteiger partial charge in [0.1, 0.15) is 5.82 Å². The van der Waals surface area contributed by atoms with Gasteiger partial charge in [0.15, 0.2) is 9.84 Å². The normalized spacial score (nSPS) is 20.8. The van der Waals surface area contributed by atoms with Gasteiger partial charge in [0.05, 0.1) is 17.0 Å². The highest BCUT2D eigenvalue weighted by molar-refractivity contribution is 7.89. The molecular weight excluding hydrogens is 294 g/mol. The van der Waals surface area contributed by atoms with Crippen molar-refractivity contribution in [1.29, 1.82) is 0 Å². The zero-order valence-electron chi connectivity index (χ0n) is 12.9. The van der Waals surface area contributed by atoms with E-state index < -0.39 is 34.0 Å². The predicted octanol–water partition coefficient (Wildman–Crippen LogP) is 1.67. The van der Waals surface area contributed by atoms with E-state index in [1.807, 2.05) is 27.7 Å². The molecule has 0 saturated carbocycles. The Hall–Kier alpha value is -0.915. The second kappa shape index (κ2) is 5.07. The summed E-state index contributed by atoms with van der Waals surface area (Å²) >= 11 is 0. The molecular formula is C14H20BFO4S. The van der Waals surface area contributed by atoms with Gasteiger partial charge in [0, 0.05) is 6.26 Å². The lowest BCUT2D eigenvalue weighted by Crippen LogP contribution is -2.41. The van der Waals surface area contributed by atoms with Crippen molar-refractivity contribution in [3.05, 3.63) is 29.6 Å². The van der Waals surface area contributed by atoms with Crippen LogP contribution in [0.4, 0.5) is 4.39 Å². The fourth-order valence-corrected chi connectivity index (χ4v) is 2.95. The molecule has 0 radical (unpaired) electrons. The molecule has 2 rings (SSSR count).